The minimum absolute atomic E-state index is 0.0145. The molecule has 0 aliphatic carbocycles. The van der Waals surface area contributed by atoms with Crippen molar-refractivity contribution >= 4 is 11.4 Å². The van der Waals surface area contributed by atoms with Crippen LogP contribution in [0.15, 0.2) is 18.2 Å². The van der Waals surface area contributed by atoms with E-state index in [4.69, 9.17) is 9.47 Å². The van der Waals surface area contributed by atoms with E-state index in [2.05, 4.69) is 26.1 Å². The van der Waals surface area contributed by atoms with Gasteiger partial charge in [0, 0.05) is 12.6 Å². The summed E-state index contributed by atoms with van der Waals surface area (Å²) in [6.07, 6.45) is 0.115. The molecule has 0 bridgehead atoms. The van der Waals surface area contributed by atoms with Crippen LogP contribution in [0.25, 0.3) is 0 Å². The monoisotopic (exact) mass is 280 g/mol. The number of para-hydroxylation sites is 1. The molecule has 0 saturated carbocycles. The molecular weight excluding hydrogens is 260 g/mol. The summed E-state index contributed by atoms with van der Waals surface area (Å²) in [6.45, 7) is 7.92. The molecule has 1 fully saturated rings. The van der Waals surface area contributed by atoms with Crippen LogP contribution in [0.5, 0.6) is 5.75 Å². The predicted molar refractivity (Wildman–Crippen MR) is 76.3 cm³/mol. The fraction of sp³-hybridized carbons (Fsp3) is 0.571. The summed E-state index contributed by atoms with van der Waals surface area (Å²) in [4.78, 5) is 10.7. The lowest BCUT2D eigenvalue weighted by molar-refractivity contribution is -0.384. The van der Waals surface area contributed by atoms with E-state index in [1.165, 1.54) is 6.07 Å². The highest BCUT2D eigenvalue weighted by Crippen LogP contribution is 2.35. The number of nitrogens with zero attached hydrogens (tertiary/aromatic N) is 1. The number of nitrogens with one attached hydrogen (secondary N) is 1. The van der Waals surface area contributed by atoms with Gasteiger partial charge in [0.1, 0.15) is 18.5 Å². The third-order valence-electron chi connectivity index (χ3n) is 2.82. The molecule has 0 radical (unpaired) electrons. The first kappa shape index (κ1) is 14.6. The van der Waals surface area contributed by atoms with Gasteiger partial charge in [0.2, 0.25) is 0 Å². The number of nitro benzene ring substituents is 1. The molecule has 0 amide bonds. The number of epoxide rings is 1. The second-order valence-electron chi connectivity index (χ2n) is 6.09. The van der Waals surface area contributed by atoms with E-state index in [1.54, 1.807) is 12.1 Å². The average Bonchev–Trinajstić information content (AvgIpc) is 3.16. The minimum Gasteiger partial charge on any atom is -0.488 e. The number of hydrogen-bond acceptors (Lipinski definition) is 5. The summed E-state index contributed by atoms with van der Waals surface area (Å²) in [7, 11) is 0. The predicted octanol–water partition coefficient (Wildman–Crippen LogP) is 2.83. The Hall–Kier alpha value is -1.82. The van der Waals surface area contributed by atoms with E-state index in [-0.39, 0.29) is 17.2 Å². The molecule has 0 spiro atoms. The molecule has 1 saturated heterocycles. The Labute approximate surface area is 118 Å². The molecule has 0 aromatic heterocycles. The average molecular weight is 280 g/mol. The van der Waals surface area contributed by atoms with Gasteiger partial charge in [0.05, 0.1) is 11.5 Å². The zero-order valence-corrected chi connectivity index (χ0v) is 12.0. The Kier molecular flexibility index (Phi) is 4.13. The van der Waals surface area contributed by atoms with E-state index < -0.39 is 4.92 Å². The van der Waals surface area contributed by atoms with Gasteiger partial charge in [-0.3, -0.25) is 10.1 Å². The van der Waals surface area contributed by atoms with Gasteiger partial charge in [-0.15, -0.1) is 0 Å². The highest BCUT2D eigenvalue weighted by Gasteiger charge is 2.25. The molecule has 1 N–H and O–H groups in total. The molecule has 20 heavy (non-hydrogen) atoms. The van der Waals surface area contributed by atoms with Crippen molar-refractivity contribution in [2.24, 2.45) is 5.41 Å². The van der Waals surface area contributed by atoms with Crippen molar-refractivity contribution in [2.75, 3.05) is 25.1 Å². The van der Waals surface area contributed by atoms with Crippen molar-refractivity contribution in [1.29, 1.82) is 0 Å². The number of hydrogen-bond donors (Lipinski definition) is 1. The lowest BCUT2D eigenvalue weighted by Gasteiger charge is -2.21. The van der Waals surface area contributed by atoms with E-state index in [9.17, 15) is 10.1 Å². The van der Waals surface area contributed by atoms with Crippen LogP contribution < -0.4 is 10.1 Å². The molecule has 1 heterocycles. The van der Waals surface area contributed by atoms with Crippen LogP contribution in [-0.4, -0.2) is 30.8 Å². The zero-order chi connectivity index (χ0) is 14.8. The quantitative estimate of drug-likeness (QED) is 0.492. The van der Waals surface area contributed by atoms with Crippen LogP contribution in [-0.2, 0) is 4.74 Å². The van der Waals surface area contributed by atoms with Gasteiger partial charge >= 0.3 is 0 Å². The van der Waals surface area contributed by atoms with Gasteiger partial charge in [-0.1, -0.05) is 26.8 Å². The third-order valence-corrected chi connectivity index (χ3v) is 2.82. The lowest BCUT2D eigenvalue weighted by Crippen LogP contribution is -2.20. The minimum atomic E-state index is -0.397. The number of anilines is 1. The number of benzene rings is 1. The first-order valence-corrected chi connectivity index (χ1v) is 6.62. The first-order chi connectivity index (χ1) is 9.37. The molecule has 1 aromatic carbocycles. The Morgan fingerprint density at radius 1 is 1.50 bits per heavy atom. The normalized spacial score (nSPS) is 17.6. The molecule has 6 nitrogen and oxygen atoms in total. The summed E-state index contributed by atoms with van der Waals surface area (Å²) in [6, 6.07) is 4.84. The summed E-state index contributed by atoms with van der Waals surface area (Å²) >= 11 is 0. The maximum Gasteiger partial charge on any atom is 0.296 e. The Bertz CT molecular complexity index is 492. The molecular formula is C14H20N2O4. The second-order valence-corrected chi connectivity index (χ2v) is 6.09. The van der Waals surface area contributed by atoms with Gasteiger partial charge in [-0.05, 0) is 11.5 Å². The highest BCUT2D eigenvalue weighted by atomic mass is 16.6. The maximum atomic E-state index is 11.1. The molecule has 1 aromatic rings. The highest BCUT2D eigenvalue weighted by molar-refractivity contribution is 5.70. The maximum absolute atomic E-state index is 11.1. The fourth-order valence-electron chi connectivity index (χ4n) is 1.67. The zero-order valence-electron chi connectivity index (χ0n) is 12.0. The second kappa shape index (κ2) is 5.66. The van der Waals surface area contributed by atoms with Crippen molar-refractivity contribution in [3.8, 4) is 5.75 Å². The van der Waals surface area contributed by atoms with Crippen molar-refractivity contribution in [3.05, 3.63) is 28.3 Å². The van der Waals surface area contributed by atoms with Crippen molar-refractivity contribution in [2.45, 2.75) is 26.9 Å². The lowest BCUT2D eigenvalue weighted by atomic mass is 9.97. The molecule has 2 rings (SSSR count). The van der Waals surface area contributed by atoms with Gasteiger partial charge < -0.3 is 14.8 Å². The van der Waals surface area contributed by atoms with Crippen LogP contribution in [0, 0.1) is 15.5 Å². The molecule has 1 aliphatic heterocycles. The Morgan fingerprint density at radius 3 is 2.75 bits per heavy atom. The van der Waals surface area contributed by atoms with Gasteiger partial charge in [-0.2, -0.15) is 0 Å². The Balaban J connectivity index is 2.19. The fourth-order valence-corrected chi connectivity index (χ4v) is 1.67. The van der Waals surface area contributed by atoms with E-state index in [0.29, 0.717) is 31.2 Å². The van der Waals surface area contributed by atoms with Gasteiger partial charge in [0.15, 0.2) is 5.69 Å². The third kappa shape index (κ3) is 4.09. The topological polar surface area (TPSA) is 76.9 Å². The van der Waals surface area contributed by atoms with Gasteiger partial charge in [0.25, 0.3) is 5.69 Å². The summed E-state index contributed by atoms with van der Waals surface area (Å²) in [5.41, 5.74) is 0.483. The van der Waals surface area contributed by atoms with Gasteiger partial charge in [-0.25, -0.2) is 0 Å². The molecule has 0 unspecified atom stereocenters. The van der Waals surface area contributed by atoms with Crippen molar-refractivity contribution in [3.63, 3.8) is 0 Å². The number of rotatable bonds is 6. The van der Waals surface area contributed by atoms with E-state index >= 15 is 0 Å². The Morgan fingerprint density at radius 2 is 2.20 bits per heavy atom. The van der Waals surface area contributed by atoms with E-state index in [1.807, 2.05) is 0 Å². The molecule has 1 aliphatic rings. The first-order valence-electron chi connectivity index (χ1n) is 6.62. The largest absolute Gasteiger partial charge is 0.488 e. The van der Waals surface area contributed by atoms with E-state index in [0.717, 1.165) is 0 Å². The standard InChI is InChI=1S/C14H20N2O4/c1-14(2,3)9-15-13-11(16(17)18)5-4-6-12(13)20-8-10-7-19-10/h4-6,10,15H,7-9H2,1-3H3/t10-/m0/s1. The number of ether oxygens (including phenoxy) is 2. The summed E-state index contributed by atoms with van der Waals surface area (Å²) < 4.78 is 10.7. The molecule has 6 heteroatoms. The van der Waals surface area contributed by atoms with Crippen LogP contribution >= 0.6 is 0 Å². The number of nitro groups is 1. The van der Waals surface area contributed by atoms with Crippen LogP contribution in [0.1, 0.15) is 20.8 Å². The van der Waals surface area contributed by atoms with Crippen LogP contribution in [0.4, 0.5) is 11.4 Å². The summed E-state index contributed by atoms with van der Waals surface area (Å²) in [5.74, 6) is 0.499. The summed E-state index contributed by atoms with van der Waals surface area (Å²) in [5, 5.41) is 14.3. The van der Waals surface area contributed by atoms with Crippen molar-refractivity contribution < 1.29 is 14.4 Å². The van der Waals surface area contributed by atoms with Crippen LogP contribution in [0.2, 0.25) is 0 Å². The van der Waals surface area contributed by atoms with Crippen molar-refractivity contribution in [1.82, 2.24) is 0 Å². The smallest absolute Gasteiger partial charge is 0.296 e. The van der Waals surface area contributed by atoms with Crippen LogP contribution in [0.3, 0.4) is 0 Å². The molecule has 1 atom stereocenters. The SMILES string of the molecule is CC(C)(C)CNc1c(OC[C@@H]2CO2)cccc1[N+](=O)[O-]. The molecule has 110 valence electrons.